The van der Waals surface area contributed by atoms with E-state index in [4.69, 9.17) is 0 Å². The maximum atomic E-state index is 11.7. The summed E-state index contributed by atoms with van der Waals surface area (Å²) < 4.78 is 11.7. The Labute approximate surface area is 101 Å². The molecule has 1 rings (SSSR count). The Morgan fingerprint density at radius 3 is 2.40 bits per heavy atom. The number of halogens is 1. The second kappa shape index (κ2) is 5.56. The van der Waals surface area contributed by atoms with Gasteiger partial charge in [0.15, 0.2) is 5.78 Å². The summed E-state index contributed by atoms with van der Waals surface area (Å²) in [6, 6.07) is 7.40. The molecule has 2 unspecified atom stereocenters. The number of rotatable bonds is 4. The molecular formula is C11H13BrO2S. The van der Waals surface area contributed by atoms with E-state index in [2.05, 4.69) is 15.9 Å². The highest BCUT2D eigenvalue weighted by Gasteiger charge is 2.14. The van der Waals surface area contributed by atoms with Crippen molar-refractivity contribution in [2.75, 3.05) is 5.75 Å². The van der Waals surface area contributed by atoms with Gasteiger partial charge in [-0.1, -0.05) is 33.6 Å². The van der Waals surface area contributed by atoms with E-state index >= 15 is 0 Å². The standard InChI is InChI=1S/C11H13BrO2S/c1-8-3-5-10(6-4-8)15(14)7-11(13)9(2)12/h3-6,9H,7H2,1-2H3. The van der Waals surface area contributed by atoms with Crippen LogP contribution in [-0.2, 0) is 15.6 Å². The predicted octanol–water partition coefficient (Wildman–Crippen LogP) is 2.46. The lowest BCUT2D eigenvalue weighted by Gasteiger charge is -2.03. The molecule has 0 aromatic heterocycles. The molecule has 0 amide bonds. The number of ketones is 1. The summed E-state index contributed by atoms with van der Waals surface area (Å²) >= 11 is 3.17. The van der Waals surface area contributed by atoms with E-state index in [0.29, 0.717) is 4.90 Å². The molecule has 0 fully saturated rings. The Balaban J connectivity index is 2.69. The molecule has 1 aromatic rings. The van der Waals surface area contributed by atoms with Gasteiger partial charge >= 0.3 is 0 Å². The minimum Gasteiger partial charge on any atom is -0.297 e. The second-order valence-corrected chi connectivity index (χ2v) is 6.21. The monoisotopic (exact) mass is 288 g/mol. The molecule has 0 aliphatic rings. The van der Waals surface area contributed by atoms with E-state index in [1.165, 1.54) is 0 Å². The van der Waals surface area contributed by atoms with Crippen LogP contribution in [0.2, 0.25) is 0 Å². The summed E-state index contributed by atoms with van der Waals surface area (Å²) in [5, 5.41) is 0. The summed E-state index contributed by atoms with van der Waals surface area (Å²) in [6.07, 6.45) is 0. The van der Waals surface area contributed by atoms with E-state index in [0.717, 1.165) is 5.56 Å². The molecule has 2 nitrogen and oxygen atoms in total. The fourth-order valence-corrected chi connectivity index (χ4v) is 2.51. The van der Waals surface area contributed by atoms with Crippen LogP contribution in [-0.4, -0.2) is 20.6 Å². The summed E-state index contributed by atoms with van der Waals surface area (Å²) in [5.41, 5.74) is 1.12. The second-order valence-electron chi connectivity index (χ2n) is 3.39. The van der Waals surface area contributed by atoms with Gasteiger partial charge in [-0.05, 0) is 26.0 Å². The van der Waals surface area contributed by atoms with Gasteiger partial charge in [-0.2, -0.15) is 0 Å². The molecule has 0 N–H and O–H groups in total. The van der Waals surface area contributed by atoms with Crippen molar-refractivity contribution in [1.29, 1.82) is 0 Å². The number of hydrogen-bond donors (Lipinski definition) is 0. The Bertz CT molecular complexity index is 371. The van der Waals surface area contributed by atoms with Crippen LogP contribution in [0.15, 0.2) is 29.2 Å². The van der Waals surface area contributed by atoms with Gasteiger partial charge in [0.2, 0.25) is 0 Å². The fourth-order valence-electron chi connectivity index (χ4n) is 1.02. The summed E-state index contributed by atoms with van der Waals surface area (Å²) in [5.74, 6) is 0.0454. The van der Waals surface area contributed by atoms with Crippen molar-refractivity contribution in [3.63, 3.8) is 0 Å². The number of carbonyl (C=O) groups excluding carboxylic acids is 1. The third-order valence-corrected chi connectivity index (χ3v) is 3.86. The molecule has 15 heavy (non-hydrogen) atoms. The van der Waals surface area contributed by atoms with Gasteiger partial charge in [0.1, 0.15) is 0 Å². The molecule has 0 aliphatic heterocycles. The van der Waals surface area contributed by atoms with Crippen molar-refractivity contribution >= 4 is 32.5 Å². The van der Waals surface area contributed by atoms with Gasteiger partial charge in [-0.3, -0.25) is 9.00 Å². The van der Waals surface area contributed by atoms with Crippen LogP contribution in [0.1, 0.15) is 12.5 Å². The summed E-state index contributed by atoms with van der Waals surface area (Å²) in [7, 11) is -1.22. The Morgan fingerprint density at radius 1 is 1.40 bits per heavy atom. The van der Waals surface area contributed by atoms with Crippen molar-refractivity contribution in [1.82, 2.24) is 0 Å². The zero-order chi connectivity index (χ0) is 11.4. The molecule has 0 spiro atoms. The van der Waals surface area contributed by atoms with Gasteiger partial charge < -0.3 is 0 Å². The van der Waals surface area contributed by atoms with Crippen LogP contribution in [0, 0.1) is 6.92 Å². The first-order valence-electron chi connectivity index (χ1n) is 4.62. The van der Waals surface area contributed by atoms with Crippen molar-refractivity contribution in [2.24, 2.45) is 0 Å². The zero-order valence-electron chi connectivity index (χ0n) is 8.70. The Hall–Kier alpha value is -0.480. The molecule has 0 saturated carbocycles. The molecule has 82 valence electrons. The molecular weight excluding hydrogens is 276 g/mol. The Kier molecular flexibility index (Phi) is 4.67. The zero-order valence-corrected chi connectivity index (χ0v) is 11.1. The van der Waals surface area contributed by atoms with Crippen LogP contribution < -0.4 is 0 Å². The lowest BCUT2D eigenvalue weighted by atomic mass is 10.2. The third kappa shape index (κ3) is 3.87. The number of aryl methyl sites for hydroxylation is 1. The number of Topliss-reactive ketones (excluding diaryl/α,β-unsaturated/α-hetero) is 1. The normalized spacial score (nSPS) is 14.6. The van der Waals surface area contributed by atoms with Crippen LogP contribution in [0.5, 0.6) is 0 Å². The smallest absolute Gasteiger partial charge is 0.158 e. The van der Waals surface area contributed by atoms with E-state index in [9.17, 15) is 9.00 Å². The fraction of sp³-hybridized carbons (Fsp3) is 0.364. The van der Waals surface area contributed by atoms with Crippen LogP contribution >= 0.6 is 15.9 Å². The van der Waals surface area contributed by atoms with Crippen LogP contribution in [0.3, 0.4) is 0 Å². The van der Waals surface area contributed by atoms with Crippen molar-refractivity contribution < 1.29 is 9.00 Å². The average Bonchev–Trinajstić information content (AvgIpc) is 2.18. The Morgan fingerprint density at radius 2 is 1.93 bits per heavy atom. The van der Waals surface area contributed by atoms with E-state index in [1.54, 1.807) is 19.1 Å². The van der Waals surface area contributed by atoms with Gasteiger partial charge in [0.05, 0.1) is 21.4 Å². The maximum absolute atomic E-state index is 11.7. The van der Waals surface area contributed by atoms with Gasteiger partial charge in [0.25, 0.3) is 0 Å². The van der Waals surface area contributed by atoms with Gasteiger partial charge in [-0.25, -0.2) is 0 Å². The summed E-state index contributed by atoms with van der Waals surface area (Å²) in [6.45, 7) is 3.72. The molecule has 0 heterocycles. The van der Waals surface area contributed by atoms with Gasteiger partial charge in [0, 0.05) is 4.90 Å². The topological polar surface area (TPSA) is 34.1 Å². The third-order valence-electron chi connectivity index (χ3n) is 2.00. The van der Waals surface area contributed by atoms with Crippen molar-refractivity contribution in [2.45, 2.75) is 23.6 Å². The molecule has 0 saturated heterocycles. The number of benzene rings is 1. The number of hydrogen-bond acceptors (Lipinski definition) is 2. The number of alkyl halides is 1. The average molecular weight is 289 g/mol. The first-order valence-corrected chi connectivity index (χ1v) is 6.86. The minimum absolute atomic E-state index is 0.0334. The van der Waals surface area contributed by atoms with Crippen molar-refractivity contribution in [3.05, 3.63) is 29.8 Å². The lowest BCUT2D eigenvalue weighted by molar-refractivity contribution is -0.115. The highest BCUT2D eigenvalue weighted by Crippen LogP contribution is 2.10. The summed E-state index contributed by atoms with van der Waals surface area (Å²) in [4.78, 5) is 11.8. The molecule has 4 heteroatoms. The SMILES string of the molecule is Cc1ccc(S(=O)CC(=O)C(C)Br)cc1. The molecule has 2 atom stereocenters. The highest BCUT2D eigenvalue weighted by atomic mass is 79.9. The maximum Gasteiger partial charge on any atom is 0.158 e. The van der Waals surface area contributed by atoms with E-state index < -0.39 is 10.8 Å². The lowest BCUT2D eigenvalue weighted by Crippen LogP contribution is -2.18. The molecule has 0 bridgehead atoms. The molecule has 0 radical (unpaired) electrons. The largest absolute Gasteiger partial charge is 0.297 e. The quantitative estimate of drug-likeness (QED) is 0.798. The first-order chi connectivity index (χ1) is 7.00. The number of carbonyl (C=O) groups is 1. The van der Waals surface area contributed by atoms with Crippen LogP contribution in [0.4, 0.5) is 0 Å². The predicted molar refractivity (Wildman–Crippen MR) is 65.9 cm³/mol. The van der Waals surface area contributed by atoms with E-state index in [-0.39, 0.29) is 16.4 Å². The molecule has 0 aliphatic carbocycles. The minimum atomic E-state index is -1.22. The van der Waals surface area contributed by atoms with Crippen LogP contribution in [0.25, 0.3) is 0 Å². The molecule has 1 aromatic carbocycles. The van der Waals surface area contributed by atoms with E-state index in [1.807, 2.05) is 19.1 Å². The van der Waals surface area contributed by atoms with Gasteiger partial charge in [-0.15, -0.1) is 0 Å². The highest BCUT2D eigenvalue weighted by molar-refractivity contribution is 9.10. The first kappa shape index (κ1) is 12.6. The van der Waals surface area contributed by atoms with Crippen molar-refractivity contribution in [3.8, 4) is 0 Å².